The topological polar surface area (TPSA) is 12.4 Å². The molecule has 0 saturated carbocycles. The Kier molecular flexibility index (Phi) is 3.34. The smallest absolute Gasteiger partial charge is 0.0273 e. The number of aliphatic imine (C=N–C) groups is 1. The van der Waals surface area contributed by atoms with Gasteiger partial charge in [-0.05, 0) is 13.8 Å². The average molecular weight is 139 g/mol. The van der Waals surface area contributed by atoms with Crippen molar-refractivity contribution in [1.29, 1.82) is 0 Å². The SMILES string of the molecule is CN=CC(C)(C)C=C(C)C. The fourth-order valence-electron chi connectivity index (χ4n) is 1.11. The summed E-state index contributed by atoms with van der Waals surface area (Å²) in [5.74, 6) is 0. The summed E-state index contributed by atoms with van der Waals surface area (Å²) in [5, 5.41) is 0. The van der Waals surface area contributed by atoms with Crippen LogP contribution in [0, 0.1) is 5.41 Å². The molecule has 0 fully saturated rings. The first-order valence-electron chi connectivity index (χ1n) is 3.57. The summed E-state index contributed by atoms with van der Waals surface area (Å²) in [6, 6.07) is 0. The Morgan fingerprint density at radius 3 is 2.10 bits per heavy atom. The molecule has 0 aliphatic rings. The Bertz CT molecular complexity index is 148. The second-order valence-electron chi connectivity index (χ2n) is 3.43. The summed E-state index contributed by atoms with van der Waals surface area (Å²) in [6.07, 6.45) is 4.17. The molecule has 0 bridgehead atoms. The minimum Gasteiger partial charge on any atom is -0.300 e. The molecule has 10 heavy (non-hydrogen) atoms. The molecule has 0 amide bonds. The maximum Gasteiger partial charge on any atom is 0.0273 e. The van der Waals surface area contributed by atoms with Crippen molar-refractivity contribution in [2.75, 3.05) is 7.05 Å². The van der Waals surface area contributed by atoms with Gasteiger partial charge in [0.05, 0.1) is 0 Å². The van der Waals surface area contributed by atoms with Gasteiger partial charge in [-0.2, -0.15) is 0 Å². The summed E-state index contributed by atoms with van der Waals surface area (Å²) < 4.78 is 0. The van der Waals surface area contributed by atoms with Crippen molar-refractivity contribution in [1.82, 2.24) is 0 Å². The Balaban J connectivity index is 4.26. The molecule has 0 radical (unpaired) electrons. The van der Waals surface area contributed by atoms with E-state index in [0.29, 0.717) is 0 Å². The van der Waals surface area contributed by atoms with E-state index in [4.69, 9.17) is 0 Å². The molecule has 0 N–H and O–H groups in total. The van der Waals surface area contributed by atoms with Crippen molar-refractivity contribution < 1.29 is 0 Å². The predicted molar refractivity (Wildman–Crippen MR) is 47.6 cm³/mol. The summed E-state index contributed by atoms with van der Waals surface area (Å²) in [7, 11) is 1.81. The van der Waals surface area contributed by atoms with Gasteiger partial charge in [-0.1, -0.05) is 25.5 Å². The van der Waals surface area contributed by atoms with Gasteiger partial charge >= 0.3 is 0 Å². The van der Waals surface area contributed by atoms with Crippen LogP contribution in [0.3, 0.4) is 0 Å². The third-order valence-electron chi connectivity index (χ3n) is 1.12. The highest BCUT2D eigenvalue weighted by Gasteiger charge is 2.08. The summed E-state index contributed by atoms with van der Waals surface area (Å²) >= 11 is 0. The third-order valence-corrected chi connectivity index (χ3v) is 1.12. The molecule has 0 aromatic rings. The van der Waals surface area contributed by atoms with Crippen LogP contribution in [0.1, 0.15) is 27.7 Å². The Morgan fingerprint density at radius 1 is 1.30 bits per heavy atom. The van der Waals surface area contributed by atoms with Crippen LogP contribution >= 0.6 is 0 Å². The van der Waals surface area contributed by atoms with Gasteiger partial charge in [-0.3, -0.25) is 4.99 Å². The highest BCUT2D eigenvalue weighted by molar-refractivity contribution is 5.67. The Morgan fingerprint density at radius 2 is 1.80 bits per heavy atom. The molecule has 0 spiro atoms. The van der Waals surface area contributed by atoms with Crippen molar-refractivity contribution in [3.05, 3.63) is 11.6 Å². The van der Waals surface area contributed by atoms with Gasteiger partial charge in [-0.25, -0.2) is 0 Å². The lowest BCUT2D eigenvalue weighted by Gasteiger charge is -2.13. The zero-order chi connectivity index (χ0) is 8.20. The molecule has 0 aliphatic carbocycles. The number of allylic oxidation sites excluding steroid dienone is 2. The molecule has 0 unspecified atom stereocenters. The molecule has 58 valence electrons. The number of nitrogens with zero attached hydrogens (tertiary/aromatic N) is 1. The fourth-order valence-corrected chi connectivity index (χ4v) is 1.11. The molecule has 0 rings (SSSR count). The lowest BCUT2D eigenvalue weighted by Crippen LogP contribution is -2.09. The summed E-state index contributed by atoms with van der Waals surface area (Å²) in [6.45, 7) is 8.50. The quantitative estimate of drug-likeness (QED) is 0.412. The molecule has 0 aromatic heterocycles. The van der Waals surface area contributed by atoms with Crippen LogP contribution in [0.5, 0.6) is 0 Å². The first-order chi connectivity index (χ1) is 4.48. The van der Waals surface area contributed by atoms with Crippen molar-refractivity contribution in [3.63, 3.8) is 0 Å². The molecular weight excluding hydrogens is 122 g/mol. The summed E-state index contributed by atoms with van der Waals surface area (Å²) in [4.78, 5) is 3.99. The van der Waals surface area contributed by atoms with E-state index in [1.807, 2.05) is 6.21 Å². The molecule has 0 heterocycles. The van der Waals surface area contributed by atoms with E-state index in [-0.39, 0.29) is 5.41 Å². The highest BCUT2D eigenvalue weighted by atomic mass is 14.6. The van der Waals surface area contributed by atoms with Gasteiger partial charge in [0.25, 0.3) is 0 Å². The number of rotatable bonds is 2. The van der Waals surface area contributed by atoms with Gasteiger partial charge in [0.15, 0.2) is 0 Å². The zero-order valence-electron chi connectivity index (χ0n) is 7.60. The average Bonchev–Trinajstić information content (AvgIpc) is 1.59. The van der Waals surface area contributed by atoms with Crippen molar-refractivity contribution in [2.45, 2.75) is 27.7 Å². The Hall–Kier alpha value is -0.590. The van der Waals surface area contributed by atoms with E-state index in [1.54, 1.807) is 7.05 Å². The third kappa shape index (κ3) is 4.30. The lowest BCUT2D eigenvalue weighted by molar-refractivity contribution is 0.686. The van der Waals surface area contributed by atoms with Crippen LogP contribution in [-0.4, -0.2) is 13.3 Å². The van der Waals surface area contributed by atoms with Gasteiger partial charge in [0.1, 0.15) is 0 Å². The van der Waals surface area contributed by atoms with Crippen LogP contribution in [0.25, 0.3) is 0 Å². The molecule has 0 aliphatic heterocycles. The van der Waals surface area contributed by atoms with E-state index in [0.717, 1.165) is 0 Å². The van der Waals surface area contributed by atoms with E-state index in [9.17, 15) is 0 Å². The minimum atomic E-state index is 0.119. The molecular formula is C9H17N. The first-order valence-corrected chi connectivity index (χ1v) is 3.57. The van der Waals surface area contributed by atoms with Crippen LogP contribution in [-0.2, 0) is 0 Å². The lowest BCUT2D eigenvalue weighted by atomic mass is 9.93. The maximum absolute atomic E-state index is 3.99. The normalized spacial score (nSPS) is 12.1. The van der Waals surface area contributed by atoms with Crippen LogP contribution < -0.4 is 0 Å². The van der Waals surface area contributed by atoms with Gasteiger partial charge in [0, 0.05) is 18.7 Å². The monoisotopic (exact) mass is 139 g/mol. The molecule has 0 saturated heterocycles. The largest absolute Gasteiger partial charge is 0.300 e. The van der Waals surface area contributed by atoms with E-state index in [1.165, 1.54) is 5.57 Å². The second-order valence-corrected chi connectivity index (χ2v) is 3.43. The van der Waals surface area contributed by atoms with E-state index in [2.05, 4.69) is 38.8 Å². The van der Waals surface area contributed by atoms with Crippen LogP contribution in [0.4, 0.5) is 0 Å². The van der Waals surface area contributed by atoms with Gasteiger partial charge in [-0.15, -0.1) is 0 Å². The highest BCUT2D eigenvalue weighted by Crippen LogP contribution is 2.15. The van der Waals surface area contributed by atoms with Crippen LogP contribution in [0.15, 0.2) is 16.6 Å². The number of hydrogen-bond donors (Lipinski definition) is 0. The fraction of sp³-hybridized carbons (Fsp3) is 0.667. The molecule has 0 aromatic carbocycles. The van der Waals surface area contributed by atoms with Crippen LogP contribution in [0.2, 0.25) is 0 Å². The van der Waals surface area contributed by atoms with Crippen molar-refractivity contribution in [2.24, 2.45) is 10.4 Å². The van der Waals surface area contributed by atoms with E-state index >= 15 is 0 Å². The Labute approximate surface area is 63.9 Å². The van der Waals surface area contributed by atoms with E-state index < -0.39 is 0 Å². The maximum atomic E-state index is 3.99. The molecule has 1 nitrogen and oxygen atoms in total. The second kappa shape index (κ2) is 3.55. The minimum absolute atomic E-state index is 0.119. The predicted octanol–water partition coefficient (Wildman–Crippen LogP) is 2.68. The van der Waals surface area contributed by atoms with Gasteiger partial charge < -0.3 is 0 Å². The van der Waals surface area contributed by atoms with Crippen molar-refractivity contribution in [3.8, 4) is 0 Å². The zero-order valence-corrected chi connectivity index (χ0v) is 7.60. The van der Waals surface area contributed by atoms with Gasteiger partial charge in [0.2, 0.25) is 0 Å². The van der Waals surface area contributed by atoms with Crippen molar-refractivity contribution >= 4 is 6.21 Å². The summed E-state index contributed by atoms with van der Waals surface area (Å²) in [5.41, 5.74) is 1.46. The number of hydrogen-bond acceptors (Lipinski definition) is 1. The molecule has 0 atom stereocenters. The standard InChI is InChI=1S/C9H17N/c1-8(2)6-9(3,4)7-10-5/h6-7H,1-5H3. The first kappa shape index (κ1) is 9.41. The molecule has 1 heteroatoms.